The first-order valence-electron chi connectivity index (χ1n) is 4.38. The molecule has 0 atom stereocenters. The lowest BCUT2D eigenvalue weighted by Gasteiger charge is -1.97. The van der Waals surface area contributed by atoms with E-state index in [4.69, 9.17) is 0 Å². The van der Waals surface area contributed by atoms with Gasteiger partial charge in [-0.05, 0) is 12.1 Å². The van der Waals surface area contributed by atoms with Crippen molar-refractivity contribution < 1.29 is 4.79 Å². The second kappa shape index (κ2) is 4.60. The average molecular weight is 178 g/mol. The van der Waals surface area contributed by atoms with Crippen LogP contribution < -0.4 is 0 Å². The predicted octanol–water partition coefficient (Wildman–Crippen LogP) is 1.66. The molecule has 0 radical (unpaired) electrons. The van der Waals surface area contributed by atoms with Gasteiger partial charge in [0.05, 0.1) is 6.54 Å². The van der Waals surface area contributed by atoms with Crippen LogP contribution >= 0.6 is 0 Å². The monoisotopic (exact) mass is 178 g/mol. The van der Waals surface area contributed by atoms with Crippen LogP contribution in [0.4, 0.5) is 0 Å². The van der Waals surface area contributed by atoms with Crippen molar-refractivity contribution in [1.29, 1.82) is 0 Å². The fourth-order valence-electron chi connectivity index (χ4n) is 0.878. The molecule has 1 aromatic heterocycles. The third-order valence-corrected chi connectivity index (χ3v) is 1.70. The van der Waals surface area contributed by atoms with E-state index in [1.807, 2.05) is 32.2 Å². The molecule has 0 saturated carbocycles. The van der Waals surface area contributed by atoms with Crippen LogP contribution in [0.5, 0.6) is 0 Å². The number of rotatable bonds is 4. The summed E-state index contributed by atoms with van der Waals surface area (Å²) >= 11 is 0. The van der Waals surface area contributed by atoms with Gasteiger partial charge in [0, 0.05) is 18.3 Å². The molecule has 0 N–H and O–H groups in total. The zero-order valence-electron chi connectivity index (χ0n) is 7.97. The number of hydrogen-bond donors (Lipinski definition) is 0. The van der Waals surface area contributed by atoms with Crippen LogP contribution in [-0.4, -0.2) is 15.6 Å². The summed E-state index contributed by atoms with van der Waals surface area (Å²) in [7, 11) is 0. The van der Waals surface area contributed by atoms with Crippen molar-refractivity contribution in [2.24, 2.45) is 5.92 Å². The quantitative estimate of drug-likeness (QED) is 0.657. The van der Waals surface area contributed by atoms with Crippen molar-refractivity contribution in [2.75, 3.05) is 0 Å². The van der Waals surface area contributed by atoms with E-state index in [1.54, 1.807) is 17.0 Å². The molecule has 70 valence electrons. The summed E-state index contributed by atoms with van der Waals surface area (Å²) in [6, 6.07) is 1.86. The number of hydrogen-bond acceptors (Lipinski definition) is 2. The maximum absolute atomic E-state index is 11.2. The summed E-state index contributed by atoms with van der Waals surface area (Å²) in [4.78, 5) is 11.2. The molecular weight excluding hydrogens is 164 g/mol. The molecule has 3 nitrogen and oxygen atoms in total. The van der Waals surface area contributed by atoms with Crippen LogP contribution in [-0.2, 0) is 11.3 Å². The van der Waals surface area contributed by atoms with Crippen LogP contribution in [0, 0.1) is 5.92 Å². The second-order valence-electron chi connectivity index (χ2n) is 3.19. The summed E-state index contributed by atoms with van der Waals surface area (Å²) < 4.78 is 1.77. The minimum atomic E-state index is 0.0777. The maximum Gasteiger partial charge on any atom is 0.157 e. The maximum atomic E-state index is 11.2. The molecular formula is C10H14N2O. The molecule has 0 aliphatic carbocycles. The number of nitrogens with zero attached hydrogens (tertiary/aromatic N) is 2. The Balaban J connectivity index is 2.38. The van der Waals surface area contributed by atoms with Crippen molar-refractivity contribution in [3.8, 4) is 0 Å². The molecule has 0 unspecified atom stereocenters. The highest BCUT2D eigenvalue weighted by Gasteiger charge is 2.00. The van der Waals surface area contributed by atoms with Gasteiger partial charge in [-0.1, -0.05) is 19.9 Å². The molecule has 0 amide bonds. The fourth-order valence-corrected chi connectivity index (χ4v) is 0.878. The lowest BCUT2D eigenvalue weighted by atomic mass is 10.1. The zero-order valence-corrected chi connectivity index (χ0v) is 7.97. The molecule has 0 bridgehead atoms. The Labute approximate surface area is 78.1 Å². The van der Waals surface area contributed by atoms with E-state index in [9.17, 15) is 4.79 Å². The van der Waals surface area contributed by atoms with E-state index in [0.29, 0.717) is 6.54 Å². The standard InChI is InChI=1S/C10H14N2O/c1-9(2)10(13)5-3-7-12-8-4-6-11-12/h3-6,8-9H,7H2,1-2H3/b5-3+. The van der Waals surface area contributed by atoms with Crippen molar-refractivity contribution in [3.63, 3.8) is 0 Å². The molecule has 1 rings (SSSR count). The number of aromatic nitrogens is 2. The molecule has 13 heavy (non-hydrogen) atoms. The van der Waals surface area contributed by atoms with Gasteiger partial charge >= 0.3 is 0 Å². The fraction of sp³-hybridized carbons (Fsp3) is 0.400. The van der Waals surface area contributed by atoms with Crippen molar-refractivity contribution in [1.82, 2.24) is 9.78 Å². The Morgan fingerprint density at radius 1 is 1.62 bits per heavy atom. The highest BCUT2D eigenvalue weighted by Crippen LogP contribution is 1.95. The van der Waals surface area contributed by atoms with Crippen LogP contribution in [0.3, 0.4) is 0 Å². The van der Waals surface area contributed by atoms with Gasteiger partial charge in [0.2, 0.25) is 0 Å². The predicted molar refractivity (Wildman–Crippen MR) is 51.2 cm³/mol. The Hall–Kier alpha value is -1.38. The normalized spacial score (nSPS) is 11.3. The van der Waals surface area contributed by atoms with Gasteiger partial charge < -0.3 is 0 Å². The number of carbonyl (C=O) groups excluding carboxylic acids is 1. The minimum Gasteiger partial charge on any atom is -0.295 e. The highest BCUT2D eigenvalue weighted by molar-refractivity contribution is 5.91. The van der Waals surface area contributed by atoms with Crippen molar-refractivity contribution >= 4 is 5.78 Å². The lowest BCUT2D eigenvalue weighted by Crippen LogP contribution is -2.03. The first kappa shape index (κ1) is 9.71. The van der Waals surface area contributed by atoms with Gasteiger partial charge in [-0.3, -0.25) is 9.48 Å². The van der Waals surface area contributed by atoms with E-state index >= 15 is 0 Å². The first-order valence-corrected chi connectivity index (χ1v) is 4.38. The van der Waals surface area contributed by atoms with Crippen LogP contribution in [0.1, 0.15) is 13.8 Å². The molecule has 0 aliphatic heterocycles. The van der Waals surface area contributed by atoms with Gasteiger partial charge in [0.15, 0.2) is 5.78 Å². The Morgan fingerprint density at radius 2 is 2.38 bits per heavy atom. The van der Waals surface area contributed by atoms with Gasteiger partial charge in [-0.15, -0.1) is 0 Å². The second-order valence-corrected chi connectivity index (χ2v) is 3.19. The van der Waals surface area contributed by atoms with Crippen molar-refractivity contribution in [2.45, 2.75) is 20.4 Å². The first-order chi connectivity index (χ1) is 6.20. The smallest absolute Gasteiger partial charge is 0.157 e. The minimum absolute atomic E-state index is 0.0777. The summed E-state index contributed by atoms with van der Waals surface area (Å²) in [6.45, 7) is 4.44. The molecule has 1 heterocycles. The van der Waals surface area contributed by atoms with Crippen molar-refractivity contribution in [3.05, 3.63) is 30.6 Å². The molecule has 0 aromatic carbocycles. The SMILES string of the molecule is CC(C)C(=O)/C=C/Cn1cccn1. The third kappa shape index (κ3) is 3.23. The van der Waals surface area contributed by atoms with Gasteiger partial charge in [-0.2, -0.15) is 5.10 Å². The van der Waals surface area contributed by atoms with E-state index in [2.05, 4.69) is 5.10 Å². The average Bonchev–Trinajstić information content (AvgIpc) is 2.56. The number of ketones is 1. The zero-order chi connectivity index (χ0) is 9.68. The largest absolute Gasteiger partial charge is 0.295 e. The summed E-state index contributed by atoms with van der Waals surface area (Å²) in [5.74, 6) is 0.237. The number of carbonyl (C=O) groups is 1. The van der Waals surface area contributed by atoms with Gasteiger partial charge in [0.25, 0.3) is 0 Å². The Kier molecular flexibility index (Phi) is 3.43. The van der Waals surface area contributed by atoms with E-state index in [-0.39, 0.29) is 11.7 Å². The molecule has 0 fully saturated rings. The number of allylic oxidation sites excluding steroid dienone is 2. The summed E-state index contributed by atoms with van der Waals surface area (Å²) in [6.07, 6.45) is 7.03. The van der Waals surface area contributed by atoms with E-state index < -0.39 is 0 Å². The van der Waals surface area contributed by atoms with Crippen LogP contribution in [0.15, 0.2) is 30.6 Å². The molecule has 3 heteroatoms. The van der Waals surface area contributed by atoms with Gasteiger partial charge in [0.1, 0.15) is 0 Å². The van der Waals surface area contributed by atoms with Gasteiger partial charge in [-0.25, -0.2) is 0 Å². The Morgan fingerprint density at radius 3 is 2.92 bits per heavy atom. The Bertz CT molecular complexity index is 286. The third-order valence-electron chi connectivity index (χ3n) is 1.70. The molecule has 1 aromatic rings. The summed E-state index contributed by atoms with van der Waals surface area (Å²) in [5.41, 5.74) is 0. The van der Waals surface area contributed by atoms with Crippen LogP contribution in [0.2, 0.25) is 0 Å². The van der Waals surface area contributed by atoms with E-state index in [1.165, 1.54) is 0 Å². The van der Waals surface area contributed by atoms with Crippen LogP contribution in [0.25, 0.3) is 0 Å². The highest BCUT2D eigenvalue weighted by atomic mass is 16.1. The molecule has 0 spiro atoms. The topological polar surface area (TPSA) is 34.9 Å². The molecule has 0 aliphatic rings. The molecule has 0 saturated heterocycles. The lowest BCUT2D eigenvalue weighted by molar-refractivity contribution is -0.117. The summed E-state index contributed by atoms with van der Waals surface area (Å²) in [5, 5.41) is 4.01. The van der Waals surface area contributed by atoms with E-state index in [0.717, 1.165) is 0 Å².